The van der Waals surface area contributed by atoms with Crippen molar-refractivity contribution in [3.63, 3.8) is 0 Å². The molecule has 0 saturated carbocycles. The number of unbranched alkanes of at least 4 members (excludes halogenated alkanes) is 1. The number of imidazole rings is 1. The molecule has 4 rings (SSSR count). The van der Waals surface area contributed by atoms with Gasteiger partial charge in [0.1, 0.15) is 11.2 Å². The van der Waals surface area contributed by atoms with Gasteiger partial charge in [-0.15, -0.1) is 22.7 Å². The lowest BCUT2D eigenvalue weighted by atomic mass is 9.77. The predicted molar refractivity (Wildman–Crippen MR) is 148 cm³/mol. The van der Waals surface area contributed by atoms with Crippen molar-refractivity contribution < 1.29 is 9.90 Å². The van der Waals surface area contributed by atoms with Gasteiger partial charge in [-0.05, 0) is 65.9 Å². The van der Waals surface area contributed by atoms with E-state index in [1.165, 1.54) is 11.3 Å². The van der Waals surface area contributed by atoms with Crippen LogP contribution in [0.25, 0.3) is 11.1 Å². The van der Waals surface area contributed by atoms with Gasteiger partial charge >= 0.3 is 5.97 Å². The summed E-state index contributed by atoms with van der Waals surface area (Å²) in [5, 5.41) is 15.2. The lowest BCUT2D eigenvalue weighted by molar-refractivity contribution is -0.140. The van der Waals surface area contributed by atoms with Crippen LogP contribution in [0.5, 0.6) is 0 Å². The molecule has 1 unspecified atom stereocenters. The van der Waals surface area contributed by atoms with Gasteiger partial charge in [-0.3, -0.25) is 4.79 Å². The van der Waals surface area contributed by atoms with E-state index in [9.17, 15) is 9.90 Å². The summed E-state index contributed by atoms with van der Waals surface area (Å²) >= 11 is 9.57. The maximum atomic E-state index is 12.9. The monoisotopic (exact) mass is 524 g/mol. The summed E-state index contributed by atoms with van der Waals surface area (Å²) in [5.41, 5.74) is 2.43. The van der Waals surface area contributed by atoms with Gasteiger partial charge in [-0.2, -0.15) is 0 Å². The van der Waals surface area contributed by atoms with Crippen molar-refractivity contribution in [3.05, 3.63) is 97.3 Å². The van der Waals surface area contributed by atoms with Crippen LogP contribution in [-0.2, 0) is 23.2 Å². The fourth-order valence-electron chi connectivity index (χ4n) is 4.47. The number of hydrogen-bond acceptors (Lipinski definition) is 4. The van der Waals surface area contributed by atoms with Crippen LogP contribution in [0.3, 0.4) is 0 Å². The van der Waals surface area contributed by atoms with E-state index in [2.05, 4.69) is 11.5 Å². The maximum Gasteiger partial charge on any atom is 0.319 e. The van der Waals surface area contributed by atoms with E-state index in [1.807, 2.05) is 79.3 Å². The smallest absolute Gasteiger partial charge is 0.319 e. The van der Waals surface area contributed by atoms with Crippen molar-refractivity contribution in [2.45, 2.75) is 52.0 Å². The number of hydrogen-bond donors (Lipinski definition) is 1. The predicted octanol–water partition coefficient (Wildman–Crippen LogP) is 8.02. The molecule has 3 aromatic heterocycles. The molecule has 0 aliphatic rings. The second kappa shape index (κ2) is 10.9. The Labute approximate surface area is 219 Å². The third-order valence-corrected chi connectivity index (χ3v) is 8.79. The zero-order valence-corrected chi connectivity index (χ0v) is 22.5. The summed E-state index contributed by atoms with van der Waals surface area (Å²) in [6.45, 7) is 6.58. The number of halogens is 1. The highest BCUT2D eigenvalue weighted by Gasteiger charge is 2.43. The number of allylic oxidation sites excluding steroid dienone is 1. The van der Waals surface area contributed by atoms with Gasteiger partial charge in [0.2, 0.25) is 0 Å². The van der Waals surface area contributed by atoms with Crippen LogP contribution in [0.2, 0.25) is 5.02 Å². The molecule has 3 heterocycles. The Balaban J connectivity index is 1.96. The van der Waals surface area contributed by atoms with E-state index in [0.29, 0.717) is 11.6 Å². The highest BCUT2D eigenvalue weighted by Crippen LogP contribution is 2.46. The topological polar surface area (TPSA) is 55.1 Å². The van der Waals surface area contributed by atoms with Crippen molar-refractivity contribution >= 4 is 51.4 Å². The average molecular weight is 525 g/mol. The van der Waals surface area contributed by atoms with Crippen LogP contribution in [-0.4, -0.2) is 20.6 Å². The molecule has 0 fully saturated rings. The molecule has 1 N–H and O–H groups in total. The normalized spacial score (nSPS) is 13.9. The number of aryl methyl sites for hydroxylation is 1. The zero-order chi connectivity index (χ0) is 25.0. The van der Waals surface area contributed by atoms with Gasteiger partial charge in [-0.25, -0.2) is 4.98 Å². The summed E-state index contributed by atoms with van der Waals surface area (Å²) < 4.78 is 2.20. The van der Waals surface area contributed by atoms with Crippen LogP contribution in [0, 0.1) is 0 Å². The molecular formula is C28H29ClN2O2S2. The number of carboxylic acid groups (broad SMARTS) is 1. The highest BCUT2D eigenvalue weighted by atomic mass is 35.5. The SMILES string of the molecule is CCCCc1ncc(C(C)=C(c2cccs2)C(C)(C(=O)O)c2cccs2)n1Cc1ccccc1Cl. The Morgan fingerprint density at radius 2 is 1.86 bits per heavy atom. The molecule has 1 atom stereocenters. The lowest BCUT2D eigenvalue weighted by Gasteiger charge is -2.29. The fraction of sp³-hybridized carbons (Fsp3) is 0.286. The van der Waals surface area contributed by atoms with Crippen molar-refractivity contribution in [2.75, 3.05) is 0 Å². The second-order valence-corrected chi connectivity index (χ2v) is 11.0. The molecule has 35 heavy (non-hydrogen) atoms. The number of rotatable bonds is 10. The number of aromatic nitrogens is 2. The van der Waals surface area contributed by atoms with Crippen molar-refractivity contribution in [1.82, 2.24) is 9.55 Å². The molecule has 0 aliphatic heterocycles. The summed E-state index contributed by atoms with van der Waals surface area (Å²) in [7, 11) is 0. The van der Waals surface area contributed by atoms with Gasteiger partial charge in [-0.1, -0.05) is 55.3 Å². The number of nitrogens with zero attached hydrogens (tertiary/aromatic N) is 2. The van der Waals surface area contributed by atoms with Crippen molar-refractivity contribution in [3.8, 4) is 0 Å². The van der Waals surface area contributed by atoms with E-state index < -0.39 is 11.4 Å². The van der Waals surface area contributed by atoms with E-state index >= 15 is 0 Å². The van der Waals surface area contributed by atoms with Crippen LogP contribution in [0.4, 0.5) is 0 Å². The molecule has 182 valence electrons. The first-order valence-electron chi connectivity index (χ1n) is 11.7. The molecule has 0 spiro atoms. The number of benzene rings is 1. The summed E-state index contributed by atoms with van der Waals surface area (Å²) in [5.74, 6) is 0.117. The number of carbonyl (C=O) groups is 1. The van der Waals surface area contributed by atoms with E-state index in [-0.39, 0.29) is 0 Å². The summed E-state index contributed by atoms with van der Waals surface area (Å²) in [6.07, 6.45) is 4.84. The third kappa shape index (κ3) is 5.01. The minimum atomic E-state index is -1.20. The molecule has 7 heteroatoms. The van der Waals surface area contributed by atoms with E-state index in [0.717, 1.165) is 57.2 Å². The van der Waals surface area contributed by atoms with Crippen LogP contribution < -0.4 is 0 Å². The standard InChI is InChI=1S/C28H29ClN2O2S2/c1-4-5-14-25-30-17-22(31(25)18-20-10-6-7-11-21(20)29)19(2)26(23-12-8-15-34-23)28(3,27(32)33)24-13-9-16-35-24/h6-13,15-17H,4-5,14,18H2,1-3H3,(H,32,33). The first kappa shape index (κ1) is 25.4. The number of carboxylic acids is 1. The molecule has 4 nitrogen and oxygen atoms in total. The van der Waals surface area contributed by atoms with Gasteiger partial charge in [0.25, 0.3) is 0 Å². The Kier molecular flexibility index (Phi) is 7.95. The minimum absolute atomic E-state index is 0.575. The molecule has 0 radical (unpaired) electrons. The zero-order valence-electron chi connectivity index (χ0n) is 20.1. The molecule has 0 bridgehead atoms. The Morgan fingerprint density at radius 1 is 1.11 bits per heavy atom. The molecule has 1 aromatic carbocycles. The fourth-order valence-corrected chi connectivity index (χ4v) is 6.49. The van der Waals surface area contributed by atoms with Crippen molar-refractivity contribution in [1.29, 1.82) is 0 Å². The largest absolute Gasteiger partial charge is 0.480 e. The van der Waals surface area contributed by atoms with E-state index in [4.69, 9.17) is 16.6 Å². The third-order valence-electron chi connectivity index (χ3n) is 6.45. The number of thiophene rings is 2. The Morgan fingerprint density at radius 3 is 2.49 bits per heavy atom. The first-order valence-corrected chi connectivity index (χ1v) is 13.8. The van der Waals surface area contributed by atoms with Crippen LogP contribution in [0.15, 0.2) is 65.5 Å². The van der Waals surface area contributed by atoms with Crippen LogP contribution >= 0.6 is 34.3 Å². The molecule has 0 aliphatic carbocycles. The Bertz CT molecular complexity index is 1320. The summed E-state index contributed by atoms with van der Waals surface area (Å²) in [4.78, 5) is 19.4. The van der Waals surface area contributed by atoms with Crippen LogP contribution in [0.1, 0.15) is 60.4 Å². The molecule has 4 aromatic rings. The highest BCUT2D eigenvalue weighted by molar-refractivity contribution is 7.11. The van der Waals surface area contributed by atoms with E-state index in [1.54, 1.807) is 11.3 Å². The first-order chi connectivity index (χ1) is 16.9. The van der Waals surface area contributed by atoms with Gasteiger partial charge in [0, 0.05) is 21.2 Å². The van der Waals surface area contributed by atoms with Gasteiger partial charge in [0.05, 0.1) is 18.4 Å². The number of aliphatic carboxylic acids is 1. The molecule has 0 saturated heterocycles. The average Bonchev–Trinajstić information content (AvgIpc) is 3.62. The quantitative estimate of drug-likeness (QED) is 0.228. The van der Waals surface area contributed by atoms with Crippen molar-refractivity contribution in [2.24, 2.45) is 0 Å². The maximum absolute atomic E-state index is 12.9. The second-order valence-electron chi connectivity index (χ2n) is 8.73. The summed E-state index contributed by atoms with van der Waals surface area (Å²) in [6, 6.07) is 15.6. The van der Waals surface area contributed by atoms with Gasteiger partial charge in [0.15, 0.2) is 0 Å². The Hall–Kier alpha value is -2.67. The minimum Gasteiger partial charge on any atom is -0.480 e. The molecule has 0 amide bonds. The van der Waals surface area contributed by atoms with Gasteiger partial charge < -0.3 is 9.67 Å². The lowest BCUT2D eigenvalue weighted by Crippen LogP contribution is -2.33. The molecular weight excluding hydrogens is 496 g/mol.